The fourth-order valence-corrected chi connectivity index (χ4v) is 2.57. The lowest BCUT2D eigenvalue weighted by Crippen LogP contribution is -2.39. The van der Waals surface area contributed by atoms with Crippen LogP contribution >= 0.6 is 11.3 Å². The van der Waals surface area contributed by atoms with Crippen LogP contribution in [0.1, 0.15) is 25.1 Å². The van der Waals surface area contributed by atoms with E-state index in [0.29, 0.717) is 6.04 Å². The second-order valence-corrected chi connectivity index (χ2v) is 5.95. The van der Waals surface area contributed by atoms with E-state index in [0.717, 1.165) is 45.7 Å². The highest BCUT2D eigenvalue weighted by molar-refractivity contribution is 7.09. The number of hydrogen-bond acceptors (Lipinski definition) is 4. The Kier molecular flexibility index (Phi) is 9.08. The van der Waals surface area contributed by atoms with Gasteiger partial charge in [0, 0.05) is 37.2 Å². The smallest absolute Gasteiger partial charge is 0.0477 e. The van der Waals surface area contributed by atoms with Crippen LogP contribution in [0.25, 0.3) is 0 Å². The maximum absolute atomic E-state index is 5.32. The number of rotatable bonds is 11. The molecule has 0 saturated heterocycles. The van der Waals surface area contributed by atoms with Gasteiger partial charge in [0.05, 0.1) is 0 Å². The van der Waals surface area contributed by atoms with Gasteiger partial charge in [0.25, 0.3) is 0 Å². The van der Waals surface area contributed by atoms with Crippen molar-refractivity contribution >= 4 is 11.3 Å². The van der Waals surface area contributed by atoms with E-state index >= 15 is 0 Å². The molecule has 0 saturated carbocycles. The first-order chi connectivity index (χ1) is 9.24. The van der Waals surface area contributed by atoms with Crippen LogP contribution < -0.4 is 5.32 Å². The van der Waals surface area contributed by atoms with Gasteiger partial charge in [0.15, 0.2) is 0 Å². The van der Waals surface area contributed by atoms with Crippen molar-refractivity contribution in [2.75, 3.05) is 39.9 Å². The van der Waals surface area contributed by atoms with Crippen LogP contribution in [0.3, 0.4) is 0 Å². The molecule has 0 aliphatic carbocycles. The van der Waals surface area contributed by atoms with Crippen molar-refractivity contribution in [3.63, 3.8) is 0 Å². The summed E-state index contributed by atoms with van der Waals surface area (Å²) in [5.41, 5.74) is 0. The summed E-state index contributed by atoms with van der Waals surface area (Å²) in [5.74, 6) is 0. The zero-order valence-corrected chi connectivity index (χ0v) is 13.3. The van der Waals surface area contributed by atoms with Crippen molar-refractivity contribution in [2.45, 2.75) is 32.7 Å². The van der Waals surface area contributed by atoms with Crippen LogP contribution in [0.2, 0.25) is 0 Å². The molecule has 1 aromatic rings. The standard InChI is InChI=1S/C15H28N2OS/c1-4-18-11-6-9-16-13-14(2)17(3)10-8-15-7-5-12-19-15/h5,7,12,14,16H,4,6,8-11,13H2,1-3H3. The summed E-state index contributed by atoms with van der Waals surface area (Å²) in [4.78, 5) is 3.90. The quantitative estimate of drug-likeness (QED) is 0.632. The largest absolute Gasteiger partial charge is 0.382 e. The van der Waals surface area contributed by atoms with Crippen LogP contribution in [0.15, 0.2) is 17.5 Å². The summed E-state index contributed by atoms with van der Waals surface area (Å²) in [6.45, 7) is 9.23. The fourth-order valence-electron chi connectivity index (χ4n) is 1.87. The molecule has 0 fully saturated rings. The third-order valence-corrected chi connectivity index (χ3v) is 4.27. The van der Waals surface area contributed by atoms with Gasteiger partial charge in [-0.1, -0.05) is 6.07 Å². The van der Waals surface area contributed by atoms with Crippen molar-refractivity contribution in [3.05, 3.63) is 22.4 Å². The van der Waals surface area contributed by atoms with Crippen molar-refractivity contribution < 1.29 is 4.74 Å². The highest BCUT2D eigenvalue weighted by atomic mass is 32.1. The molecular weight excluding hydrogens is 256 g/mol. The third-order valence-electron chi connectivity index (χ3n) is 3.33. The van der Waals surface area contributed by atoms with Crippen LogP contribution in [0.5, 0.6) is 0 Å². The van der Waals surface area contributed by atoms with Crippen molar-refractivity contribution in [1.29, 1.82) is 0 Å². The normalized spacial score (nSPS) is 13.1. The average molecular weight is 284 g/mol. The molecule has 1 unspecified atom stereocenters. The number of ether oxygens (including phenoxy) is 1. The minimum atomic E-state index is 0.576. The number of likely N-dealkylation sites (N-methyl/N-ethyl adjacent to an activating group) is 1. The Hall–Kier alpha value is -0.420. The van der Waals surface area contributed by atoms with Crippen molar-refractivity contribution in [2.24, 2.45) is 0 Å². The van der Waals surface area contributed by atoms with Gasteiger partial charge in [-0.15, -0.1) is 11.3 Å². The molecular formula is C15H28N2OS. The predicted molar refractivity (Wildman–Crippen MR) is 84.1 cm³/mol. The van der Waals surface area contributed by atoms with Gasteiger partial charge in [-0.2, -0.15) is 0 Å². The molecule has 1 heterocycles. The Labute approximate surface area is 122 Å². The first-order valence-electron chi connectivity index (χ1n) is 7.25. The molecule has 19 heavy (non-hydrogen) atoms. The van der Waals surface area contributed by atoms with Crippen LogP contribution in [-0.2, 0) is 11.2 Å². The zero-order valence-electron chi connectivity index (χ0n) is 12.5. The molecule has 0 spiro atoms. The van der Waals surface area contributed by atoms with Crippen molar-refractivity contribution in [3.8, 4) is 0 Å². The zero-order chi connectivity index (χ0) is 13.9. The van der Waals surface area contributed by atoms with E-state index in [-0.39, 0.29) is 0 Å². The first-order valence-corrected chi connectivity index (χ1v) is 8.13. The topological polar surface area (TPSA) is 24.5 Å². The average Bonchev–Trinajstić information content (AvgIpc) is 2.93. The summed E-state index contributed by atoms with van der Waals surface area (Å²) in [7, 11) is 2.21. The first kappa shape index (κ1) is 16.6. The van der Waals surface area contributed by atoms with E-state index in [1.54, 1.807) is 0 Å². The molecule has 1 aromatic heterocycles. The summed E-state index contributed by atoms with van der Waals surface area (Å²) in [6, 6.07) is 4.92. The Morgan fingerprint density at radius 3 is 3.00 bits per heavy atom. The summed E-state index contributed by atoms with van der Waals surface area (Å²) in [5, 5.41) is 5.65. The van der Waals surface area contributed by atoms with Crippen LogP contribution in [0, 0.1) is 0 Å². The lowest BCUT2D eigenvalue weighted by Gasteiger charge is -2.24. The highest BCUT2D eigenvalue weighted by Crippen LogP contribution is 2.10. The molecule has 0 aromatic carbocycles. The predicted octanol–water partition coefficient (Wildman–Crippen LogP) is 2.63. The summed E-state index contributed by atoms with van der Waals surface area (Å²) in [6.07, 6.45) is 2.25. The van der Waals surface area contributed by atoms with Crippen LogP contribution in [-0.4, -0.2) is 50.8 Å². The van der Waals surface area contributed by atoms with Gasteiger partial charge < -0.3 is 15.0 Å². The molecule has 1 N–H and O–H groups in total. The molecule has 3 nitrogen and oxygen atoms in total. The van der Waals surface area contributed by atoms with Gasteiger partial charge in [-0.25, -0.2) is 0 Å². The Morgan fingerprint density at radius 1 is 1.47 bits per heavy atom. The second-order valence-electron chi connectivity index (χ2n) is 4.91. The molecule has 0 amide bonds. The number of thiophene rings is 1. The molecule has 1 atom stereocenters. The minimum Gasteiger partial charge on any atom is -0.382 e. The molecule has 0 radical (unpaired) electrons. The van der Waals surface area contributed by atoms with Gasteiger partial charge in [-0.05, 0) is 51.7 Å². The Morgan fingerprint density at radius 2 is 2.32 bits per heavy atom. The van der Waals surface area contributed by atoms with E-state index in [4.69, 9.17) is 4.74 Å². The number of nitrogens with one attached hydrogen (secondary N) is 1. The van der Waals surface area contributed by atoms with E-state index < -0.39 is 0 Å². The molecule has 0 aliphatic heterocycles. The molecule has 1 rings (SSSR count). The fraction of sp³-hybridized carbons (Fsp3) is 0.733. The number of hydrogen-bond donors (Lipinski definition) is 1. The lowest BCUT2D eigenvalue weighted by atomic mass is 10.2. The second kappa shape index (κ2) is 10.4. The van der Waals surface area contributed by atoms with Crippen molar-refractivity contribution in [1.82, 2.24) is 10.2 Å². The Balaban J connectivity index is 2.03. The minimum absolute atomic E-state index is 0.576. The molecule has 4 heteroatoms. The molecule has 110 valence electrons. The Bertz CT molecular complexity index is 303. The SMILES string of the molecule is CCOCCCNCC(C)N(C)CCc1cccs1. The maximum atomic E-state index is 5.32. The monoisotopic (exact) mass is 284 g/mol. The van der Waals surface area contributed by atoms with E-state index in [1.165, 1.54) is 4.88 Å². The van der Waals surface area contributed by atoms with Crippen LogP contribution in [0.4, 0.5) is 0 Å². The van der Waals surface area contributed by atoms with E-state index in [9.17, 15) is 0 Å². The lowest BCUT2D eigenvalue weighted by molar-refractivity contribution is 0.144. The maximum Gasteiger partial charge on any atom is 0.0477 e. The van der Waals surface area contributed by atoms with E-state index in [2.05, 4.69) is 41.7 Å². The van der Waals surface area contributed by atoms with Gasteiger partial charge >= 0.3 is 0 Å². The highest BCUT2D eigenvalue weighted by Gasteiger charge is 2.08. The van der Waals surface area contributed by atoms with E-state index in [1.807, 2.05) is 18.3 Å². The summed E-state index contributed by atoms with van der Waals surface area (Å²) >= 11 is 1.85. The molecule has 0 aliphatic rings. The molecule has 0 bridgehead atoms. The van der Waals surface area contributed by atoms with Gasteiger partial charge in [-0.3, -0.25) is 0 Å². The third kappa shape index (κ3) is 7.67. The summed E-state index contributed by atoms with van der Waals surface area (Å²) < 4.78 is 5.32. The van der Waals surface area contributed by atoms with Gasteiger partial charge in [0.2, 0.25) is 0 Å². The number of nitrogens with zero attached hydrogens (tertiary/aromatic N) is 1. The van der Waals surface area contributed by atoms with Gasteiger partial charge in [0.1, 0.15) is 0 Å².